The lowest BCUT2D eigenvalue weighted by Gasteiger charge is -2.05. The third-order valence-electron chi connectivity index (χ3n) is 2.98. The van der Waals surface area contributed by atoms with Gasteiger partial charge in [-0.05, 0) is 31.0 Å². The summed E-state index contributed by atoms with van der Waals surface area (Å²) >= 11 is 4.39. The van der Waals surface area contributed by atoms with E-state index in [0.717, 1.165) is 18.7 Å². The Morgan fingerprint density at radius 1 is 1.52 bits per heavy atom. The normalized spacial score (nSPS) is 14.2. The smallest absolute Gasteiger partial charge is 0.234 e. The molecule has 2 aromatic rings. The van der Waals surface area contributed by atoms with Gasteiger partial charge in [0.1, 0.15) is 11.6 Å². The highest BCUT2D eigenvalue weighted by Crippen LogP contribution is 2.38. The van der Waals surface area contributed by atoms with Crippen LogP contribution in [0.2, 0.25) is 0 Å². The van der Waals surface area contributed by atoms with Gasteiger partial charge >= 0.3 is 0 Å². The number of amides is 1. The van der Waals surface area contributed by atoms with Crippen molar-refractivity contribution in [3.8, 4) is 0 Å². The molecule has 0 aliphatic heterocycles. The molecule has 0 atom stereocenters. The summed E-state index contributed by atoms with van der Waals surface area (Å²) in [7, 11) is 0. The molecule has 0 unspecified atom stereocenters. The molecule has 110 valence electrons. The SMILES string of the molecule is O=C(CSc1n[nH]c(C2CC2)n1)Nc1ccc(Br)cc1F. The average molecular weight is 371 g/mol. The zero-order chi connectivity index (χ0) is 14.8. The van der Waals surface area contributed by atoms with E-state index in [1.165, 1.54) is 23.9 Å². The van der Waals surface area contributed by atoms with Gasteiger partial charge in [-0.2, -0.15) is 0 Å². The Morgan fingerprint density at radius 3 is 3.05 bits per heavy atom. The first kappa shape index (κ1) is 14.5. The molecular weight excluding hydrogens is 359 g/mol. The number of aromatic nitrogens is 3. The molecule has 0 bridgehead atoms. The third-order valence-corrected chi connectivity index (χ3v) is 4.32. The van der Waals surface area contributed by atoms with Crippen LogP contribution in [-0.2, 0) is 4.79 Å². The molecule has 0 radical (unpaired) electrons. The van der Waals surface area contributed by atoms with Crippen molar-refractivity contribution in [3.05, 3.63) is 34.3 Å². The minimum Gasteiger partial charge on any atom is -0.323 e. The molecular formula is C13H12BrFN4OS. The molecule has 1 amide bonds. The van der Waals surface area contributed by atoms with E-state index >= 15 is 0 Å². The molecule has 21 heavy (non-hydrogen) atoms. The van der Waals surface area contributed by atoms with Crippen LogP contribution < -0.4 is 5.32 Å². The lowest BCUT2D eigenvalue weighted by Crippen LogP contribution is -2.15. The minimum atomic E-state index is -0.475. The first-order valence-corrected chi connectivity index (χ1v) is 8.19. The number of nitrogens with zero attached hydrogens (tertiary/aromatic N) is 2. The van der Waals surface area contributed by atoms with E-state index in [2.05, 4.69) is 36.4 Å². The van der Waals surface area contributed by atoms with Crippen LogP contribution in [0.25, 0.3) is 0 Å². The summed E-state index contributed by atoms with van der Waals surface area (Å²) in [4.78, 5) is 16.1. The summed E-state index contributed by atoms with van der Waals surface area (Å²) in [6, 6.07) is 4.49. The van der Waals surface area contributed by atoms with Gasteiger partial charge in [0.2, 0.25) is 11.1 Å². The number of anilines is 1. The molecule has 3 rings (SSSR count). The Labute approximate surface area is 133 Å². The summed E-state index contributed by atoms with van der Waals surface area (Å²) in [5.41, 5.74) is 0.164. The lowest BCUT2D eigenvalue weighted by atomic mass is 10.3. The summed E-state index contributed by atoms with van der Waals surface area (Å²) < 4.78 is 14.2. The van der Waals surface area contributed by atoms with Crippen LogP contribution in [0.1, 0.15) is 24.6 Å². The number of benzene rings is 1. The van der Waals surface area contributed by atoms with E-state index in [0.29, 0.717) is 15.5 Å². The molecule has 5 nitrogen and oxygen atoms in total. The fourth-order valence-corrected chi connectivity index (χ4v) is 2.71. The Morgan fingerprint density at radius 2 is 2.33 bits per heavy atom. The number of H-pyrrole nitrogens is 1. The Bertz CT molecular complexity index is 674. The summed E-state index contributed by atoms with van der Waals surface area (Å²) in [6.07, 6.45) is 2.28. The first-order chi connectivity index (χ1) is 10.1. The predicted octanol–water partition coefficient (Wildman–Crippen LogP) is 3.31. The van der Waals surface area contributed by atoms with Crippen molar-refractivity contribution in [3.63, 3.8) is 0 Å². The molecule has 8 heteroatoms. The number of aromatic amines is 1. The first-order valence-electron chi connectivity index (χ1n) is 6.42. The number of rotatable bonds is 5. The predicted molar refractivity (Wildman–Crippen MR) is 81.8 cm³/mol. The third kappa shape index (κ3) is 3.82. The average Bonchev–Trinajstić information content (AvgIpc) is 3.19. The molecule has 1 saturated carbocycles. The van der Waals surface area contributed by atoms with Crippen LogP contribution in [0.15, 0.2) is 27.8 Å². The molecule has 1 aromatic carbocycles. The number of halogens is 2. The van der Waals surface area contributed by atoms with Crippen LogP contribution in [0.4, 0.5) is 10.1 Å². The van der Waals surface area contributed by atoms with Crippen molar-refractivity contribution in [2.45, 2.75) is 23.9 Å². The van der Waals surface area contributed by atoms with E-state index in [4.69, 9.17) is 0 Å². The van der Waals surface area contributed by atoms with Gasteiger partial charge in [-0.1, -0.05) is 27.7 Å². The highest BCUT2D eigenvalue weighted by atomic mass is 79.9. The largest absolute Gasteiger partial charge is 0.323 e. The van der Waals surface area contributed by atoms with Gasteiger partial charge in [-0.3, -0.25) is 9.89 Å². The number of carbonyl (C=O) groups excluding carboxylic acids is 1. The van der Waals surface area contributed by atoms with Crippen LogP contribution in [-0.4, -0.2) is 26.8 Å². The zero-order valence-electron chi connectivity index (χ0n) is 10.9. The summed E-state index contributed by atoms with van der Waals surface area (Å²) in [5.74, 6) is 0.752. The van der Waals surface area contributed by atoms with Gasteiger partial charge in [0.15, 0.2) is 0 Å². The van der Waals surface area contributed by atoms with Crippen LogP contribution in [0.5, 0.6) is 0 Å². The van der Waals surface area contributed by atoms with Gasteiger partial charge < -0.3 is 5.32 Å². The number of hydrogen-bond acceptors (Lipinski definition) is 4. The molecule has 1 aromatic heterocycles. The fourth-order valence-electron chi connectivity index (χ4n) is 1.77. The number of hydrogen-bond donors (Lipinski definition) is 2. The molecule has 1 fully saturated rings. The van der Waals surface area contributed by atoms with E-state index < -0.39 is 5.82 Å². The van der Waals surface area contributed by atoms with E-state index in [-0.39, 0.29) is 17.3 Å². The quantitative estimate of drug-likeness (QED) is 0.792. The molecule has 1 heterocycles. The second-order valence-corrected chi connectivity index (χ2v) is 6.60. The zero-order valence-corrected chi connectivity index (χ0v) is 13.3. The van der Waals surface area contributed by atoms with Crippen molar-refractivity contribution in [1.82, 2.24) is 15.2 Å². The van der Waals surface area contributed by atoms with E-state index in [1.54, 1.807) is 6.07 Å². The van der Waals surface area contributed by atoms with Crippen molar-refractivity contribution in [2.75, 3.05) is 11.1 Å². The second-order valence-electron chi connectivity index (χ2n) is 4.74. The maximum Gasteiger partial charge on any atom is 0.234 e. The van der Waals surface area contributed by atoms with Crippen molar-refractivity contribution >= 4 is 39.3 Å². The van der Waals surface area contributed by atoms with Crippen LogP contribution >= 0.6 is 27.7 Å². The second kappa shape index (κ2) is 6.15. The Hall–Kier alpha value is -1.41. The highest BCUT2D eigenvalue weighted by molar-refractivity contribution is 9.10. The molecule has 1 aliphatic rings. The van der Waals surface area contributed by atoms with Crippen molar-refractivity contribution in [1.29, 1.82) is 0 Å². The lowest BCUT2D eigenvalue weighted by molar-refractivity contribution is -0.113. The molecule has 2 N–H and O–H groups in total. The Balaban J connectivity index is 1.53. The highest BCUT2D eigenvalue weighted by Gasteiger charge is 2.27. The summed E-state index contributed by atoms with van der Waals surface area (Å²) in [6.45, 7) is 0. The number of nitrogens with one attached hydrogen (secondary N) is 2. The molecule has 0 saturated heterocycles. The molecule has 0 spiro atoms. The van der Waals surface area contributed by atoms with Crippen molar-refractivity contribution in [2.24, 2.45) is 0 Å². The van der Waals surface area contributed by atoms with Gasteiger partial charge in [-0.15, -0.1) is 5.10 Å². The van der Waals surface area contributed by atoms with Crippen LogP contribution in [0, 0.1) is 5.82 Å². The fraction of sp³-hybridized carbons (Fsp3) is 0.308. The van der Waals surface area contributed by atoms with Gasteiger partial charge in [0, 0.05) is 10.4 Å². The van der Waals surface area contributed by atoms with Gasteiger partial charge in [0.25, 0.3) is 0 Å². The maximum atomic E-state index is 13.6. The minimum absolute atomic E-state index is 0.136. The monoisotopic (exact) mass is 370 g/mol. The van der Waals surface area contributed by atoms with Gasteiger partial charge in [-0.25, -0.2) is 9.37 Å². The van der Waals surface area contributed by atoms with Gasteiger partial charge in [0.05, 0.1) is 11.4 Å². The Kier molecular flexibility index (Phi) is 4.25. The topological polar surface area (TPSA) is 70.7 Å². The number of carbonyl (C=O) groups is 1. The van der Waals surface area contributed by atoms with Crippen LogP contribution in [0.3, 0.4) is 0 Å². The number of thioether (sulfide) groups is 1. The van der Waals surface area contributed by atoms with E-state index in [9.17, 15) is 9.18 Å². The molecule has 1 aliphatic carbocycles. The van der Waals surface area contributed by atoms with Crippen molar-refractivity contribution < 1.29 is 9.18 Å². The maximum absolute atomic E-state index is 13.6. The standard InChI is InChI=1S/C13H12BrFN4OS/c14-8-3-4-10(9(15)5-8)16-11(20)6-21-13-17-12(18-19-13)7-1-2-7/h3-5,7H,1-2,6H2,(H,16,20)(H,17,18,19). The van der Waals surface area contributed by atoms with E-state index in [1.807, 2.05) is 0 Å². The summed E-state index contributed by atoms with van der Waals surface area (Å²) in [5, 5.41) is 10.0.